The Hall–Kier alpha value is -0.120. The molecule has 0 saturated carbocycles. The Labute approximate surface area is 88.1 Å². The third-order valence-electron chi connectivity index (χ3n) is 2.07. The van der Waals surface area contributed by atoms with Crippen LogP contribution in [0, 0.1) is 0 Å². The van der Waals surface area contributed by atoms with Gasteiger partial charge in [0, 0.05) is 6.54 Å². The van der Waals surface area contributed by atoms with Crippen molar-refractivity contribution in [3.05, 3.63) is 0 Å². The molecule has 0 bridgehead atoms. The summed E-state index contributed by atoms with van der Waals surface area (Å²) in [5, 5.41) is 9.68. The van der Waals surface area contributed by atoms with Crippen molar-refractivity contribution in [1.82, 2.24) is 4.90 Å². The minimum atomic E-state index is -0.380. The van der Waals surface area contributed by atoms with Crippen molar-refractivity contribution in [3.8, 4) is 0 Å². The average molecular weight is 203 g/mol. The first-order chi connectivity index (χ1) is 6.39. The Bertz CT molecular complexity index is 139. The fourth-order valence-electron chi connectivity index (χ4n) is 1.18. The quantitative estimate of drug-likeness (QED) is 0.710. The van der Waals surface area contributed by atoms with E-state index in [1.165, 1.54) is 0 Å². The molecule has 0 aromatic rings. The van der Waals surface area contributed by atoms with E-state index in [2.05, 4.69) is 18.7 Å². The molecule has 0 aromatic heterocycles. The van der Waals surface area contributed by atoms with E-state index in [0.717, 1.165) is 13.1 Å². The Balaban J connectivity index is 3.69. The van der Waals surface area contributed by atoms with Gasteiger partial charge in [-0.05, 0) is 33.9 Å². The fraction of sp³-hybridized carbons (Fsp3) is 1.00. The van der Waals surface area contributed by atoms with Gasteiger partial charge in [-0.15, -0.1) is 0 Å². The molecule has 1 unspecified atom stereocenters. The van der Waals surface area contributed by atoms with Crippen LogP contribution in [0.15, 0.2) is 0 Å². The highest BCUT2D eigenvalue weighted by Crippen LogP contribution is 2.07. The van der Waals surface area contributed by atoms with E-state index in [1.807, 2.05) is 20.8 Å². The van der Waals surface area contributed by atoms with Crippen LogP contribution in [0.4, 0.5) is 0 Å². The van der Waals surface area contributed by atoms with Crippen LogP contribution in [0.3, 0.4) is 0 Å². The minimum Gasteiger partial charge on any atom is -0.389 e. The van der Waals surface area contributed by atoms with E-state index < -0.39 is 0 Å². The molecular formula is C11H25NO2. The summed E-state index contributed by atoms with van der Waals surface area (Å²) in [5.74, 6) is 0. The summed E-state index contributed by atoms with van der Waals surface area (Å²) in [7, 11) is 0. The lowest BCUT2D eigenvalue weighted by Gasteiger charge is -2.25. The van der Waals surface area contributed by atoms with Crippen LogP contribution in [0.2, 0.25) is 0 Å². The summed E-state index contributed by atoms with van der Waals surface area (Å²) >= 11 is 0. The van der Waals surface area contributed by atoms with Crippen LogP contribution >= 0.6 is 0 Å². The molecule has 14 heavy (non-hydrogen) atoms. The first kappa shape index (κ1) is 13.9. The lowest BCUT2D eigenvalue weighted by atomic mass is 10.2. The topological polar surface area (TPSA) is 32.7 Å². The predicted octanol–water partition coefficient (Wildman–Crippen LogP) is 1.50. The summed E-state index contributed by atoms with van der Waals surface area (Å²) in [6.45, 7) is 13.3. The summed E-state index contributed by atoms with van der Waals surface area (Å²) in [5.41, 5.74) is -0.162. The van der Waals surface area contributed by atoms with E-state index in [1.54, 1.807) is 0 Å². The molecule has 1 atom stereocenters. The average Bonchev–Trinajstić information content (AvgIpc) is 2.09. The first-order valence-corrected chi connectivity index (χ1v) is 5.43. The summed E-state index contributed by atoms with van der Waals surface area (Å²) < 4.78 is 5.50. The van der Waals surface area contributed by atoms with Gasteiger partial charge in [-0.1, -0.05) is 13.8 Å². The number of likely N-dealkylation sites (N-methyl/N-ethyl adjacent to an activating group) is 1. The maximum absolute atomic E-state index is 9.68. The van der Waals surface area contributed by atoms with Gasteiger partial charge in [0.2, 0.25) is 0 Å². The Kier molecular flexibility index (Phi) is 6.33. The number of ether oxygens (including phenoxy) is 1. The number of rotatable bonds is 6. The molecule has 0 spiro atoms. The van der Waals surface area contributed by atoms with E-state index in [9.17, 15) is 5.11 Å². The van der Waals surface area contributed by atoms with Gasteiger partial charge in [-0.2, -0.15) is 0 Å². The zero-order valence-electron chi connectivity index (χ0n) is 10.2. The van der Waals surface area contributed by atoms with Crippen molar-refractivity contribution >= 4 is 0 Å². The molecule has 0 fully saturated rings. The van der Waals surface area contributed by atoms with Crippen LogP contribution < -0.4 is 0 Å². The van der Waals surface area contributed by atoms with Crippen LogP contribution in [-0.4, -0.2) is 48.0 Å². The Morgan fingerprint density at radius 2 is 1.71 bits per heavy atom. The molecule has 0 aliphatic carbocycles. The van der Waals surface area contributed by atoms with Crippen molar-refractivity contribution in [1.29, 1.82) is 0 Å². The first-order valence-electron chi connectivity index (χ1n) is 5.43. The molecule has 0 aromatic carbocycles. The zero-order valence-corrected chi connectivity index (χ0v) is 10.2. The van der Waals surface area contributed by atoms with E-state index >= 15 is 0 Å². The minimum absolute atomic E-state index is 0.162. The third-order valence-corrected chi connectivity index (χ3v) is 2.07. The second kappa shape index (κ2) is 6.38. The van der Waals surface area contributed by atoms with Gasteiger partial charge in [-0.25, -0.2) is 0 Å². The van der Waals surface area contributed by atoms with Gasteiger partial charge >= 0.3 is 0 Å². The maximum atomic E-state index is 9.68. The van der Waals surface area contributed by atoms with Gasteiger partial charge in [0.1, 0.15) is 0 Å². The van der Waals surface area contributed by atoms with E-state index in [-0.39, 0.29) is 11.7 Å². The number of aliphatic hydroxyl groups is 1. The molecule has 0 aliphatic rings. The van der Waals surface area contributed by atoms with Crippen molar-refractivity contribution < 1.29 is 9.84 Å². The molecule has 0 aliphatic heterocycles. The Morgan fingerprint density at radius 1 is 1.21 bits per heavy atom. The van der Waals surface area contributed by atoms with E-state index in [4.69, 9.17) is 4.74 Å². The van der Waals surface area contributed by atoms with E-state index in [0.29, 0.717) is 13.2 Å². The SMILES string of the molecule is CCN(CC)CC(O)COC(C)(C)C. The second-order valence-corrected chi connectivity index (χ2v) is 4.56. The molecule has 0 heterocycles. The predicted molar refractivity (Wildman–Crippen MR) is 59.5 cm³/mol. The molecule has 0 saturated heterocycles. The van der Waals surface area contributed by atoms with Gasteiger partial charge in [0.05, 0.1) is 18.3 Å². The van der Waals surface area contributed by atoms with Crippen LogP contribution in [0.1, 0.15) is 34.6 Å². The highest BCUT2D eigenvalue weighted by Gasteiger charge is 2.14. The third kappa shape index (κ3) is 7.30. The number of hydrogen-bond acceptors (Lipinski definition) is 3. The molecule has 0 rings (SSSR count). The smallest absolute Gasteiger partial charge is 0.0900 e. The van der Waals surface area contributed by atoms with Gasteiger partial charge in [0.25, 0.3) is 0 Å². The highest BCUT2D eigenvalue weighted by atomic mass is 16.5. The van der Waals surface area contributed by atoms with Crippen LogP contribution in [0.25, 0.3) is 0 Å². The monoisotopic (exact) mass is 203 g/mol. The second-order valence-electron chi connectivity index (χ2n) is 4.56. The molecular weight excluding hydrogens is 178 g/mol. The van der Waals surface area contributed by atoms with Crippen molar-refractivity contribution in [3.63, 3.8) is 0 Å². The summed E-state index contributed by atoms with van der Waals surface area (Å²) in [4.78, 5) is 2.19. The highest BCUT2D eigenvalue weighted by molar-refractivity contribution is 4.65. The molecule has 86 valence electrons. The number of hydrogen-bond donors (Lipinski definition) is 1. The van der Waals surface area contributed by atoms with Gasteiger partial charge in [0.15, 0.2) is 0 Å². The van der Waals surface area contributed by atoms with Gasteiger partial charge < -0.3 is 14.7 Å². The number of nitrogens with zero attached hydrogens (tertiary/aromatic N) is 1. The van der Waals surface area contributed by atoms with Crippen molar-refractivity contribution in [2.45, 2.75) is 46.3 Å². The molecule has 0 amide bonds. The zero-order chi connectivity index (χ0) is 11.2. The van der Waals surface area contributed by atoms with Crippen LogP contribution in [0.5, 0.6) is 0 Å². The lowest BCUT2D eigenvalue weighted by molar-refractivity contribution is -0.0555. The molecule has 1 N–H and O–H groups in total. The standard InChI is InChI=1S/C11H25NO2/c1-6-12(7-2)8-10(13)9-14-11(3,4)5/h10,13H,6-9H2,1-5H3. The largest absolute Gasteiger partial charge is 0.389 e. The van der Waals surface area contributed by atoms with Crippen molar-refractivity contribution in [2.75, 3.05) is 26.2 Å². The molecule has 0 radical (unpaired) electrons. The number of aliphatic hydroxyl groups excluding tert-OH is 1. The Morgan fingerprint density at radius 3 is 2.07 bits per heavy atom. The van der Waals surface area contributed by atoms with Gasteiger partial charge in [-0.3, -0.25) is 0 Å². The maximum Gasteiger partial charge on any atom is 0.0900 e. The summed E-state index contributed by atoms with van der Waals surface area (Å²) in [6, 6.07) is 0. The normalized spacial score (nSPS) is 14.8. The molecule has 3 heteroatoms. The fourth-order valence-corrected chi connectivity index (χ4v) is 1.18. The van der Waals surface area contributed by atoms with Crippen molar-refractivity contribution in [2.24, 2.45) is 0 Å². The van der Waals surface area contributed by atoms with Crippen LogP contribution in [-0.2, 0) is 4.74 Å². The lowest BCUT2D eigenvalue weighted by Crippen LogP contribution is -2.36. The summed E-state index contributed by atoms with van der Waals surface area (Å²) in [6.07, 6.45) is -0.380. The molecule has 3 nitrogen and oxygen atoms in total.